The molecule has 0 spiro atoms. The van der Waals surface area contributed by atoms with Crippen molar-refractivity contribution in [2.45, 2.75) is 56.4 Å². The number of anilines is 2. The second-order valence-electron chi connectivity index (χ2n) is 12.5. The maximum atomic E-state index is 9.91. The van der Waals surface area contributed by atoms with Crippen LogP contribution in [0.3, 0.4) is 0 Å². The molecular weight excluding hydrogens is 516 g/mol. The largest absolute Gasteiger partial charge is 0.508 e. The molecule has 1 aromatic heterocycles. The maximum absolute atomic E-state index is 9.91. The molecule has 3 aliphatic rings. The van der Waals surface area contributed by atoms with Crippen molar-refractivity contribution >= 4 is 28.4 Å². The third-order valence-electron chi connectivity index (χ3n) is 10.0. The lowest BCUT2D eigenvalue weighted by Crippen LogP contribution is -2.32. The summed E-state index contributed by atoms with van der Waals surface area (Å²) in [6.07, 6.45) is 10.8. The minimum atomic E-state index is -0.108. The van der Waals surface area contributed by atoms with Gasteiger partial charge in [0.25, 0.3) is 0 Å². The van der Waals surface area contributed by atoms with Gasteiger partial charge >= 0.3 is 0 Å². The Morgan fingerprint density at radius 3 is 2.43 bits per heavy atom. The number of phenols is 1. The number of hydrogen-bond acceptors (Lipinski definition) is 3. The van der Waals surface area contributed by atoms with Crippen LogP contribution in [0, 0.1) is 0 Å². The van der Waals surface area contributed by atoms with Crippen molar-refractivity contribution in [2.75, 3.05) is 12.0 Å². The summed E-state index contributed by atoms with van der Waals surface area (Å²) in [7, 11) is 1.73. The van der Waals surface area contributed by atoms with Crippen LogP contribution in [0.25, 0.3) is 22.7 Å². The van der Waals surface area contributed by atoms with Crippen LogP contribution < -0.4 is 9.64 Å². The normalized spacial score (nSPS) is 22.6. The van der Waals surface area contributed by atoms with E-state index in [-0.39, 0.29) is 11.2 Å². The quantitative estimate of drug-likeness (QED) is 0.242. The van der Waals surface area contributed by atoms with Crippen molar-refractivity contribution in [1.29, 1.82) is 0 Å². The van der Waals surface area contributed by atoms with Crippen LogP contribution in [-0.2, 0) is 11.8 Å². The fourth-order valence-electron chi connectivity index (χ4n) is 7.92. The number of allylic oxidation sites excluding steroid dienone is 1. The molecule has 1 N–H and O–H groups in total. The van der Waals surface area contributed by atoms with Crippen molar-refractivity contribution in [3.05, 3.63) is 119 Å². The van der Waals surface area contributed by atoms with Gasteiger partial charge in [-0.1, -0.05) is 56.2 Å². The Kier molecular flexibility index (Phi) is 5.75. The Morgan fingerprint density at radius 1 is 0.857 bits per heavy atom. The number of hydrogen-bond donors (Lipinski definition) is 1. The van der Waals surface area contributed by atoms with Gasteiger partial charge in [-0.3, -0.25) is 0 Å². The Hall–Kier alpha value is -4.44. The average molecular weight is 553 g/mol. The predicted molar refractivity (Wildman–Crippen MR) is 172 cm³/mol. The smallest absolute Gasteiger partial charge is 0.119 e. The highest BCUT2D eigenvalue weighted by molar-refractivity contribution is 5.91. The first-order valence-electron chi connectivity index (χ1n) is 15.2. The van der Waals surface area contributed by atoms with Crippen molar-refractivity contribution in [3.63, 3.8) is 0 Å². The second-order valence-corrected chi connectivity index (χ2v) is 12.5. The molecule has 3 unspecified atom stereocenters. The number of nitrogens with zero attached hydrogens (tertiary/aromatic N) is 2. The molecule has 2 aliphatic carbocycles. The first-order valence-corrected chi connectivity index (χ1v) is 15.2. The number of aromatic hydroxyl groups is 1. The lowest BCUT2D eigenvalue weighted by atomic mass is 9.72. The molecule has 4 aromatic carbocycles. The van der Waals surface area contributed by atoms with Crippen LogP contribution in [0.2, 0.25) is 0 Å². The van der Waals surface area contributed by atoms with Crippen LogP contribution >= 0.6 is 0 Å². The van der Waals surface area contributed by atoms with E-state index in [0.717, 1.165) is 17.9 Å². The van der Waals surface area contributed by atoms with E-state index in [1.165, 1.54) is 70.3 Å². The molecule has 4 heteroatoms. The minimum Gasteiger partial charge on any atom is -0.508 e. The molecule has 3 atom stereocenters. The molecular formula is C38H36N2O2. The summed E-state index contributed by atoms with van der Waals surface area (Å²) >= 11 is 0. The van der Waals surface area contributed by atoms with E-state index in [1.807, 2.05) is 12.1 Å². The van der Waals surface area contributed by atoms with E-state index in [2.05, 4.69) is 95.3 Å². The first-order chi connectivity index (χ1) is 20.5. The van der Waals surface area contributed by atoms with Gasteiger partial charge in [-0.25, -0.2) is 0 Å². The Balaban J connectivity index is 1.21. The lowest BCUT2D eigenvalue weighted by Gasteiger charge is -2.33. The molecule has 4 nitrogen and oxygen atoms in total. The molecule has 1 aliphatic heterocycles. The third kappa shape index (κ3) is 3.81. The number of fused-ring (bicyclic) bond motifs is 6. The molecule has 1 fully saturated rings. The number of benzene rings is 4. The minimum absolute atomic E-state index is 0.108. The van der Waals surface area contributed by atoms with Gasteiger partial charge in [0.05, 0.1) is 12.6 Å². The van der Waals surface area contributed by atoms with Crippen LogP contribution in [0.5, 0.6) is 11.5 Å². The van der Waals surface area contributed by atoms with Crippen LogP contribution in [0.1, 0.15) is 60.9 Å². The molecule has 0 radical (unpaired) electrons. The van der Waals surface area contributed by atoms with E-state index >= 15 is 0 Å². The SMILES string of the molecule is COc1ccc(N2c3ccc(C4(C)C=Cc5c(c6ccccc6n5-c5ccc(O)cc5)C4)cc3C3CCCCC32)cc1. The first kappa shape index (κ1) is 25.3. The monoisotopic (exact) mass is 552 g/mol. The highest BCUT2D eigenvalue weighted by Crippen LogP contribution is 2.52. The fourth-order valence-corrected chi connectivity index (χ4v) is 7.92. The zero-order valence-corrected chi connectivity index (χ0v) is 24.3. The number of rotatable bonds is 4. The molecule has 42 heavy (non-hydrogen) atoms. The molecule has 5 aromatic rings. The molecule has 0 saturated heterocycles. The molecule has 2 heterocycles. The van der Waals surface area contributed by atoms with Crippen molar-refractivity contribution in [1.82, 2.24) is 4.57 Å². The topological polar surface area (TPSA) is 37.6 Å². The standard InChI is InChI=1S/C38H36N2O2/c1-38(22-21-37-33(24-38)31-8-4-6-10-35(31)40(37)26-12-16-28(41)17-13-26)25-11-20-36-32(23-25)30-7-3-5-9-34(30)39(36)27-14-18-29(42-2)19-15-27/h4,6,8,10-23,30,34,41H,3,5,7,9,24H2,1-2H3. The van der Waals surface area contributed by atoms with Crippen molar-refractivity contribution < 1.29 is 9.84 Å². The highest BCUT2D eigenvalue weighted by Gasteiger charge is 2.42. The van der Waals surface area contributed by atoms with Crippen LogP contribution in [0.15, 0.2) is 97.1 Å². The molecule has 0 bridgehead atoms. The fraction of sp³-hybridized carbons (Fsp3) is 0.263. The van der Waals surface area contributed by atoms with Gasteiger partial charge < -0.3 is 19.3 Å². The second kappa shape index (κ2) is 9.55. The predicted octanol–water partition coefficient (Wildman–Crippen LogP) is 9.05. The summed E-state index contributed by atoms with van der Waals surface area (Å²) in [5.41, 5.74) is 10.3. The summed E-state index contributed by atoms with van der Waals surface area (Å²) < 4.78 is 7.78. The summed E-state index contributed by atoms with van der Waals surface area (Å²) in [5, 5.41) is 11.2. The van der Waals surface area contributed by atoms with E-state index in [9.17, 15) is 5.11 Å². The molecule has 8 rings (SSSR count). The number of methoxy groups -OCH3 is 1. The molecule has 210 valence electrons. The molecule has 1 saturated carbocycles. The average Bonchev–Trinajstić information content (AvgIpc) is 3.54. The zero-order valence-electron chi connectivity index (χ0n) is 24.3. The van der Waals surface area contributed by atoms with Crippen LogP contribution in [0.4, 0.5) is 11.4 Å². The highest BCUT2D eigenvalue weighted by atomic mass is 16.5. The number of ether oxygens (including phenoxy) is 1. The van der Waals surface area contributed by atoms with E-state index in [0.29, 0.717) is 12.0 Å². The Morgan fingerprint density at radius 2 is 1.62 bits per heavy atom. The number of aromatic nitrogens is 1. The lowest BCUT2D eigenvalue weighted by molar-refractivity contribution is 0.401. The zero-order chi connectivity index (χ0) is 28.4. The Labute approximate surface area is 247 Å². The summed E-state index contributed by atoms with van der Waals surface area (Å²) in [4.78, 5) is 2.60. The van der Waals surface area contributed by atoms with Gasteiger partial charge in [0.1, 0.15) is 11.5 Å². The van der Waals surface area contributed by atoms with Gasteiger partial charge in [0, 0.05) is 45.5 Å². The van der Waals surface area contributed by atoms with E-state index in [1.54, 1.807) is 19.2 Å². The number of para-hydroxylation sites is 1. The van der Waals surface area contributed by atoms with Crippen LogP contribution in [-0.4, -0.2) is 22.8 Å². The van der Waals surface area contributed by atoms with Gasteiger partial charge in [0.15, 0.2) is 0 Å². The maximum Gasteiger partial charge on any atom is 0.119 e. The summed E-state index contributed by atoms with van der Waals surface area (Å²) in [5.74, 6) is 1.75. The Bertz CT molecular complexity index is 1830. The summed E-state index contributed by atoms with van der Waals surface area (Å²) in [6, 6.07) is 32.7. The van der Waals surface area contributed by atoms with Crippen molar-refractivity contribution in [3.8, 4) is 17.2 Å². The van der Waals surface area contributed by atoms with Crippen molar-refractivity contribution in [2.24, 2.45) is 0 Å². The van der Waals surface area contributed by atoms with Gasteiger partial charge in [-0.05, 0) is 103 Å². The van der Waals surface area contributed by atoms with E-state index < -0.39 is 0 Å². The van der Waals surface area contributed by atoms with E-state index in [4.69, 9.17) is 4.74 Å². The molecule has 0 amide bonds. The van der Waals surface area contributed by atoms with Gasteiger partial charge in [-0.2, -0.15) is 0 Å². The third-order valence-corrected chi connectivity index (χ3v) is 10.0. The summed E-state index contributed by atoms with van der Waals surface area (Å²) in [6.45, 7) is 2.40. The van der Waals surface area contributed by atoms with Gasteiger partial charge in [0.2, 0.25) is 0 Å². The number of phenolic OH excluding ortho intramolecular Hbond substituents is 1. The van der Waals surface area contributed by atoms with Gasteiger partial charge in [-0.15, -0.1) is 0 Å².